The van der Waals surface area contributed by atoms with Gasteiger partial charge in [-0.1, -0.05) is 23.7 Å². The number of hydrogen-bond acceptors (Lipinski definition) is 6. The zero-order valence-electron chi connectivity index (χ0n) is 16.4. The number of ether oxygens (including phenoxy) is 1. The normalized spacial score (nSPS) is 10.8. The van der Waals surface area contributed by atoms with Gasteiger partial charge in [-0.05, 0) is 45.4 Å². The van der Waals surface area contributed by atoms with Crippen molar-refractivity contribution in [2.24, 2.45) is 0 Å². The van der Waals surface area contributed by atoms with Crippen molar-refractivity contribution in [1.82, 2.24) is 9.97 Å². The van der Waals surface area contributed by atoms with Crippen molar-refractivity contribution >= 4 is 40.5 Å². The molecule has 0 aliphatic heterocycles. The van der Waals surface area contributed by atoms with Crippen molar-refractivity contribution in [3.63, 3.8) is 0 Å². The van der Waals surface area contributed by atoms with Crippen molar-refractivity contribution in [2.45, 2.75) is 27.7 Å². The van der Waals surface area contributed by atoms with Crippen molar-refractivity contribution in [1.29, 1.82) is 0 Å². The zero-order valence-corrected chi connectivity index (χ0v) is 18.0. The number of halogens is 1. The van der Waals surface area contributed by atoms with Gasteiger partial charge in [-0.2, -0.15) is 0 Å². The van der Waals surface area contributed by atoms with Gasteiger partial charge in [0.15, 0.2) is 12.4 Å². The number of aromatic amines is 1. The summed E-state index contributed by atoms with van der Waals surface area (Å²) in [5, 5.41) is 1.22. The first-order valence-corrected chi connectivity index (χ1v) is 10.0. The quantitative estimate of drug-likeness (QED) is 0.441. The highest BCUT2D eigenvalue weighted by Crippen LogP contribution is 2.30. The predicted octanol–water partition coefficient (Wildman–Crippen LogP) is 4.96. The van der Waals surface area contributed by atoms with E-state index in [2.05, 4.69) is 9.97 Å². The minimum atomic E-state index is -0.616. The predicted molar refractivity (Wildman–Crippen MR) is 112 cm³/mol. The Morgan fingerprint density at radius 3 is 2.55 bits per heavy atom. The van der Waals surface area contributed by atoms with Crippen molar-refractivity contribution in [3.8, 4) is 10.6 Å². The summed E-state index contributed by atoms with van der Waals surface area (Å²) >= 11 is 7.20. The SMILES string of the molecule is CC(=O)c1c(C)[nH]c(C(=O)COC(=O)c2sc(-c3cccc(Cl)c3)nc2C)c1C. The fourth-order valence-electron chi connectivity index (χ4n) is 3.16. The summed E-state index contributed by atoms with van der Waals surface area (Å²) in [6, 6.07) is 7.18. The Bertz CT molecular complexity index is 1130. The van der Waals surface area contributed by atoms with Gasteiger partial charge in [-0.3, -0.25) is 9.59 Å². The number of hydrogen-bond donors (Lipinski definition) is 1. The number of H-pyrrole nitrogens is 1. The summed E-state index contributed by atoms with van der Waals surface area (Å²) in [7, 11) is 0. The summed E-state index contributed by atoms with van der Waals surface area (Å²) in [6.07, 6.45) is 0. The topological polar surface area (TPSA) is 89.1 Å². The van der Waals surface area contributed by atoms with E-state index in [9.17, 15) is 14.4 Å². The van der Waals surface area contributed by atoms with E-state index in [1.165, 1.54) is 18.3 Å². The molecular weight excluding hydrogens is 412 g/mol. The van der Waals surface area contributed by atoms with E-state index in [0.29, 0.717) is 37.4 Å². The van der Waals surface area contributed by atoms with Crippen LogP contribution in [0.5, 0.6) is 0 Å². The van der Waals surface area contributed by atoms with Crippen LogP contribution in [0.1, 0.15) is 54.4 Å². The number of nitrogens with one attached hydrogen (secondary N) is 1. The highest BCUT2D eigenvalue weighted by molar-refractivity contribution is 7.17. The third kappa shape index (κ3) is 4.31. The van der Waals surface area contributed by atoms with Crippen LogP contribution in [0.15, 0.2) is 24.3 Å². The Morgan fingerprint density at radius 1 is 1.21 bits per heavy atom. The van der Waals surface area contributed by atoms with Gasteiger partial charge in [0.25, 0.3) is 0 Å². The Balaban J connectivity index is 1.74. The van der Waals surface area contributed by atoms with E-state index >= 15 is 0 Å². The van der Waals surface area contributed by atoms with Gasteiger partial charge in [-0.15, -0.1) is 11.3 Å². The van der Waals surface area contributed by atoms with Crippen LogP contribution in [0.25, 0.3) is 10.6 Å². The monoisotopic (exact) mass is 430 g/mol. The van der Waals surface area contributed by atoms with E-state index in [0.717, 1.165) is 5.56 Å². The Kier molecular flexibility index (Phi) is 6.00. The van der Waals surface area contributed by atoms with Crippen LogP contribution in [0.3, 0.4) is 0 Å². The Morgan fingerprint density at radius 2 is 1.93 bits per heavy atom. The molecule has 29 heavy (non-hydrogen) atoms. The molecule has 3 aromatic rings. The van der Waals surface area contributed by atoms with Gasteiger partial charge >= 0.3 is 5.97 Å². The first-order valence-electron chi connectivity index (χ1n) is 8.82. The van der Waals surface area contributed by atoms with Crippen molar-refractivity contribution in [3.05, 3.63) is 62.4 Å². The van der Waals surface area contributed by atoms with E-state index in [1.54, 1.807) is 39.0 Å². The lowest BCUT2D eigenvalue weighted by molar-refractivity contribution is 0.0477. The second-order valence-corrected chi connectivity index (χ2v) is 8.06. The van der Waals surface area contributed by atoms with Crippen molar-refractivity contribution in [2.75, 3.05) is 6.61 Å². The van der Waals surface area contributed by atoms with Crippen molar-refractivity contribution < 1.29 is 19.1 Å². The summed E-state index contributed by atoms with van der Waals surface area (Å²) in [6.45, 7) is 6.15. The fourth-order valence-corrected chi connectivity index (χ4v) is 4.30. The van der Waals surface area contributed by atoms with Gasteiger partial charge in [-0.25, -0.2) is 9.78 Å². The summed E-state index contributed by atoms with van der Waals surface area (Å²) in [5.74, 6) is -1.14. The molecule has 1 N–H and O–H groups in total. The molecule has 0 radical (unpaired) electrons. The molecule has 0 bridgehead atoms. The maximum Gasteiger partial charge on any atom is 0.350 e. The van der Waals surface area contributed by atoms with Crippen LogP contribution in [0.4, 0.5) is 0 Å². The van der Waals surface area contributed by atoms with E-state index in [1.807, 2.05) is 6.07 Å². The van der Waals surface area contributed by atoms with Gasteiger partial charge in [0.1, 0.15) is 9.88 Å². The molecule has 8 heteroatoms. The van der Waals surface area contributed by atoms with Crippen LogP contribution < -0.4 is 0 Å². The molecule has 2 heterocycles. The molecule has 0 unspecified atom stereocenters. The minimum absolute atomic E-state index is 0.124. The molecule has 0 aliphatic rings. The molecule has 0 fully saturated rings. The van der Waals surface area contributed by atoms with Gasteiger partial charge in [0.05, 0.1) is 11.4 Å². The van der Waals surface area contributed by atoms with Crippen LogP contribution in [-0.4, -0.2) is 34.1 Å². The fraction of sp³-hybridized carbons (Fsp3) is 0.238. The number of esters is 1. The number of aromatic nitrogens is 2. The summed E-state index contributed by atoms with van der Waals surface area (Å²) in [4.78, 5) is 44.4. The first kappa shape index (κ1) is 21.0. The molecule has 0 amide bonds. The zero-order chi connectivity index (χ0) is 21.3. The average Bonchev–Trinajstić information content (AvgIpc) is 3.19. The largest absolute Gasteiger partial charge is 0.453 e. The third-order valence-corrected chi connectivity index (χ3v) is 5.88. The molecule has 0 atom stereocenters. The number of benzene rings is 1. The summed E-state index contributed by atoms with van der Waals surface area (Å²) in [5.41, 5.74) is 3.27. The second kappa shape index (κ2) is 8.31. The number of carbonyl (C=O) groups excluding carboxylic acids is 3. The lowest BCUT2D eigenvalue weighted by atomic mass is 10.1. The molecule has 6 nitrogen and oxygen atoms in total. The molecule has 150 valence electrons. The van der Waals surface area contributed by atoms with Crippen LogP contribution in [0, 0.1) is 20.8 Å². The van der Waals surface area contributed by atoms with E-state index in [4.69, 9.17) is 16.3 Å². The van der Waals surface area contributed by atoms with Gasteiger partial charge in [0.2, 0.25) is 5.78 Å². The molecule has 0 saturated heterocycles. The molecule has 0 aliphatic carbocycles. The van der Waals surface area contributed by atoms with Crippen LogP contribution >= 0.6 is 22.9 Å². The molecule has 2 aromatic heterocycles. The second-order valence-electron chi connectivity index (χ2n) is 6.62. The highest BCUT2D eigenvalue weighted by atomic mass is 35.5. The average molecular weight is 431 g/mol. The smallest absolute Gasteiger partial charge is 0.350 e. The highest BCUT2D eigenvalue weighted by Gasteiger charge is 2.23. The van der Waals surface area contributed by atoms with Crippen LogP contribution in [0.2, 0.25) is 5.02 Å². The molecule has 0 spiro atoms. The molecule has 0 saturated carbocycles. The Labute approximate surface area is 176 Å². The molecule has 3 rings (SSSR count). The Hall–Kier alpha value is -2.77. The molecular formula is C21H19ClN2O4S. The van der Waals surface area contributed by atoms with E-state index < -0.39 is 18.4 Å². The van der Waals surface area contributed by atoms with Gasteiger partial charge < -0.3 is 9.72 Å². The minimum Gasteiger partial charge on any atom is -0.453 e. The number of ketones is 2. The molecule has 1 aromatic carbocycles. The maximum absolute atomic E-state index is 12.5. The first-order chi connectivity index (χ1) is 13.7. The van der Waals surface area contributed by atoms with Crippen LogP contribution in [-0.2, 0) is 4.74 Å². The maximum atomic E-state index is 12.5. The number of Topliss-reactive ketones (excluding diaryl/α,β-unsaturated/α-hetero) is 2. The lowest BCUT2D eigenvalue weighted by Gasteiger charge is -2.03. The van der Waals surface area contributed by atoms with Gasteiger partial charge in [0, 0.05) is 21.8 Å². The lowest BCUT2D eigenvalue weighted by Crippen LogP contribution is -2.15. The number of aryl methyl sites for hydroxylation is 2. The third-order valence-electron chi connectivity index (χ3n) is 4.46. The standard InChI is InChI=1S/C21H19ClN2O4S/c1-10-17(13(4)25)11(2)23-18(10)16(26)9-28-21(27)19-12(3)24-20(29-19)14-6-5-7-15(22)8-14/h5-8,23H,9H2,1-4H3. The van der Waals surface area contributed by atoms with E-state index in [-0.39, 0.29) is 11.5 Å². The number of carbonyl (C=O) groups is 3. The number of thiazole rings is 1. The number of nitrogens with zero attached hydrogens (tertiary/aromatic N) is 1. The number of rotatable bonds is 6. The summed E-state index contributed by atoms with van der Waals surface area (Å²) < 4.78 is 5.21.